The summed E-state index contributed by atoms with van der Waals surface area (Å²) in [6.45, 7) is 3.90. The van der Waals surface area contributed by atoms with Gasteiger partial charge in [0, 0.05) is 12.6 Å². The minimum absolute atomic E-state index is 0.00933. The van der Waals surface area contributed by atoms with Crippen molar-refractivity contribution in [3.63, 3.8) is 0 Å². The van der Waals surface area contributed by atoms with Crippen molar-refractivity contribution in [2.45, 2.75) is 6.42 Å². The number of hydrogen-bond acceptors (Lipinski definition) is 4. The van der Waals surface area contributed by atoms with E-state index in [1.54, 1.807) is 6.08 Å². The number of rotatable bonds is 5. The average molecular weight is 256 g/mol. The molecule has 1 aromatic heterocycles. The van der Waals surface area contributed by atoms with Gasteiger partial charge in [0.1, 0.15) is 11.3 Å². The Hall–Kier alpha value is -1.95. The van der Waals surface area contributed by atoms with E-state index in [-0.39, 0.29) is 16.4 Å². The lowest BCUT2D eigenvalue weighted by molar-refractivity contribution is -0.385. The maximum Gasteiger partial charge on any atom is 0.288 e. The molecular weight excluding hydrogens is 246 g/mol. The maximum atomic E-state index is 11.6. The maximum absolute atomic E-state index is 11.6. The summed E-state index contributed by atoms with van der Waals surface area (Å²) in [5.41, 5.74) is -0.284. The number of nitrogens with one attached hydrogen (secondary N) is 1. The van der Waals surface area contributed by atoms with Crippen molar-refractivity contribution in [3.05, 3.63) is 45.7 Å². The highest BCUT2D eigenvalue weighted by atomic mass is 35.5. The monoisotopic (exact) mass is 255 g/mol. The highest BCUT2D eigenvalue weighted by Gasteiger charge is 2.16. The lowest BCUT2D eigenvalue weighted by Gasteiger charge is -2.04. The summed E-state index contributed by atoms with van der Waals surface area (Å²) in [6, 6.07) is 1.10. The topological polar surface area (TPSA) is 85.1 Å². The lowest BCUT2D eigenvalue weighted by Crippen LogP contribution is -2.24. The lowest BCUT2D eigenvalue weighted by atomic mass is 10.2. The second kappa shape index (κ2) is 5.95. The molecule has 1 aromatic rings. The fourth-order valence-electron chi connectivity index (χ4n) is 1.08. The van der Waals surface area contributed by atoms with E-state index in [1.807, 2.05) is 0 Å². The first-order chi connectivity index (χ1) is 8.06. The summed E-state index contributed by atoms with van der Waals surface area (Å²) in [6.07, 6.45) is 3.25. The summed E-state index contributed by atoms with van der Waals surface area (Å²) in [4.78, 5) is 25.1. The highest BCUT2D eigenvalue weighted by Crippen LogP contribution is 2.18. The van der Waals surface area contributed by atoms with Crippen LogP contribution in [0.15, 0.2) is 24.9 Å². The molecule has 1 rings (SSSR count). The van der Waals surface area contributed by atoms with Gasteiger partial charge in [-0.15, -0.1) is 6.58 Å². The van der Waals surface area contributed by atoms with Crippen LogP contribution in [0.5, 0.6) is 0 Å². The first-order valence-corrected chi connectivity index (χ1v) is 5.13. The highest BCUT2D eigenvalue weighted by molar-refractivity contribution is 6.32. The quantitative estimate of drug-likeness (QED) is 0.286. The predicted octanol–water partition coefficient (Wildman–Crippen LogP) is 1.95. The SMILES string of the molecule is C=CCCNC(=O)c1cc([N+](=O)[O-])cnc1Cl. The molecule has 1 heterocycles. The molecule has 0 spiro atoms. The zero-order valence-corrected chi connectivity index (χ0v) is 9.61. The molecule has 0 aliphatic carbocycles. The van der Waals surface area contributed by atoms with Crippen LogP contribution in [0.25, 0.3) is 0 Å². The number of carbonyl (C=O) groups is 1. The van der Waals surface area contributed by atoms with Gasteiger partial charge in [0.25, 0.3) is 11.6 Å². The number of amides is 1. The van der Waals surface area contributed by atoms with Gasteiger partial charge in [0.15, 0.2) is 0 Å². The molecule has 0 atom stereocenters. The zero-order chi connectivity index (χ0) is 12.8. The third-order valence-corrected chi connectivity index (χ3v) is 2.22. The number of nitro groups is 1. The summed E-state index contributed by atoms with van der Waals surface area (Å²) < 4.78 is 0. The Morgan fingerprint density at radius 2 is 2.41 bits per heavy atom. The normalized spacial score (nSPS) is 9.71. The number of carbonyl (C=O) groups excluding carboxylic acids is 1. The van der Waals surface area contributed by atoms with Crippen molar-refractivity contribution in [2.75, 3.05) is 6.54 Å². The molecule has 0 aliphatic heterocycles. The van der Waals surface area contributed by atoms with Crippen molar-refractivity contribution in [3.8, 4) is 0 Å². The minimum Gasteiger partial charge on any atom is -0.352 e. The Morgan fingerprint density at radius 1 is 1.71 bits per heavy atom. The summed E-state index contributed by atoms with van der Waals surface area (Å²) in [5.74, 6) is -0.493. The van der Waals surface area contributed by atoms with Crippen LogP contribution in [-0.2, 0) is 0 Å². The molecule has 7 heteroatoms. The van der Waals surface area contributed by atoms with E-state index >= 15 is 0 Å². The van der Waals surface area contributed by atoms with Crippen LogP contribution in [-0.4, -0.2) is 22.4 Å². The molecule has 1 amide bonds. The van der Waals surface area contributed by atoms with Crippen LogP contribution in [0, 0.1) is 10.1 Å². The van der Waals surface area contributed by atoms with E-state index in [2.05, 4.69) is 16.9 Å². The van der Waals surface area contributed by atoms with Gasteiger partial charge in [-0.2, -0.15) is 0 Å². The molecule has 0 radical (unpaired) electrons. The Bertz CT molecular complexity index is 462. The molecule has 0 bridgehead atoms. The number of hydrogen-bond donors (Lipinski definition) is 1. The molecule has 0 aromatic carbocycles. The molecule has 90 valence electrons. The molecular formula is C10H10ClN3O3. The largest absolute Gasteiger partial charge is 0.352 e. The van der Waals surface area contributed by atoms with Gasteiger partial charge >= 0.3 is 0 Å². The summed E-state index contributed by atoms with van der Waals surface area (Å²) in [7, 11) is 0. The summed E-state index contributed by atoms with van der Waals surface area (Å²) >= 11 is 5.69. The Kier molecular flexibility index (Phi) is 4.59. The zero-order valence-electron chi connectivity index (χ0n) is 8.85. The van der Waals surface area contributed by atoms with E-state index in [0.29, 0.717) is 13.0 Å². The van der Waals surface area contributed by atoms with Crippen LogP contribution in [0.4, 0.5) is 5.69 Å². The van der Waals surface area contributed by atoms with Gasteiger partial charge in [-0.05, 0) is 6.42 Å². The van der Waals surface area contributed by atoms with E-state index in [0.717, 1.165) is 12.3 Å². The molecule has 0 aliphatic rings. The van der Waals surface area contributed by atoms with E-state index in [9.17, 15) is 14.9 Å². The molecule has 0 saturated heterocycles. The standard InChI is InChI=1S/C10H10ClN3O3/c1-2-3-4-12-10(15)8-5-7(14(16)17)6-13-9(8)11/h2,5-6H,1,3-4H2,(H,12,15). The smallest absolute Gasteiger partial charge is 0.288 e. The Morgan fingerprint density at radius 3 is 3.00 bits per heavy atom. The van der Waals surface area contributed by atoms with Gasteiger partial charge in [-0.25, -0.2) is 4.98 Å². The number of aromatic nitrogens is 1. The van der Waals surface area contributed by atoms with E-state index < -0.39 is 10.8 Å². The summed E-state index contributed by atoms with van der Waals surface area (Å²) in [5, 5.41) is 13.0. The molecule has 6 nitrogen and oxygen atoms in total. The first kappa shape index (κ1) is 13.1. The van der Waals surface area contributed by atoms with Gasteiger partial charge < -0.3 is 5.32 Å². The van der Waals surface area contributed by atoms with E-state index in [4.69, 9.17) is 11.6 Å². The van der Waals surface area contributed by atoms with Crippen molar-refractivity contribution in [1.29, 1.82) is 0 Å². The van der Waals surface area contributed by atoms with Crippen molar-refractivity contribution >= 4 is 23.2 Å². The molecule has 0 saturated carbocycles. The minimum atomic E-state index is -0.635. The number of pyridine rings is 1. The van der Waals surface area contributed by atoms with Gasteiger partial charge in [0.2, 0.25) is 0 Å². The first-order valence-electron chi connectivity index (χ1n) is 4.75. The fraction of sp³-hybridized carbons (Fsp3) is 0.200. The van der Waals surface area contributed by atoms with E-state index in [1.165, 1.54) is 0 Å². The number of nitrogens with zero attached hydrogens (tertiary/aromatic N) is 2. The third kappa shape index (κ3) is 3.53. The van der Waals surface area contributed by atoms with Gasteiger partial charge in [-0.1, -0.05) is 17.7 Å². The molecule has 17 heavy (non-hydrogen) atoms. The second-order valence-corrected chi connectivity index (χ2v) is 3.48. The van der Waals surface area contributed by atoms with Crippen LogP contribution < -0.4 is 5.32 Å². The van der Waals surface area contributed by atoms with Crippen molar-refractivity contribution in [2.24, 2.45) is 0 Å². The number of halogens is 1. The van der Waals surface area contributed by atoms with Crippen molar-refractivity contribution in [1.82, 2.24) is 10.3 Å². The second-order valence-electron chi connectivity index (χ2n) is 3.12. The Labute approximate surface area is 102 Å². The van der Waals surface area contributed by atoms with Crippen LogP contribution >= 0.6 is 11.6 Å². The third-order valence-electron chi connectivity index (χ3n) is 1.91. The van der Waals surface area contributed by atoms with Crippen LogP contribution in [0.2, 0.25) is 5.15 Å². The Balaban J connectivity index is 2.88. The fourth-order valence-corrected chi connectivity index (χ4v) is 1.27. The predicted molar refractivity (Wildman–Crippen MR) is 63.0 cm³/mol. The average Bonchev–Trinajstić information content (AvgIpc) is 2.29. The van der Waals surface area contributed by atoms with Crippen LogP contribution in [0.1, 0.15) is 16.8 Å². The molecule has 0 unspecified atom stereocenters. The molecule has 0 fully saturated rings. The van der Waals surface area contributed by atoms with Crippen LogP contribution in [0.3, 0.4) is 0 Å². The van der Waals surface area contributed by atoms with Crippen molar-refractivity contribution < 1.29 is 9.72 Å². The molecule has 1 N–H and O–H groups in total. The van der Waals surface area contributed by atoms with Gasteiger partial charge in [0.05, 0.1) is 10.5 Å². The van der Waals surface area contributed by atoms with Gasteiger partial charge in [-0.3, -0.25) is 14.9 Å².